The minimum absolute atomic E-state index is 0.109. The molecule has 0 spiro atoms. The molecule has 42 heavy (non-hydrogen) atoms. The van der Waals surface area contributed by atoms with Gasteiger partial charge in [0.1, 0.15) is 5.54 Å². The molecule has 3 fully saturated rings. The summed E-state index contributed by atoms with van der Waals surface area (Å²) in [6, 6.07) is 34.0. The van der Waals surface area contributed by atoms with Crippen LogP contribution < -0.4 is 4.90 Å². The first kappa shape index (κ1) is 25.9. The Kier molecular flexibility index (Phi) is 6.04. The van der Waals surface area contributed by atoms with E-state index in [2.05, 4.69) is 0 Å². The van der Waals surface area contributed by atoms with E-state index in [0.29, 0.717) is 5.69 Å². The number of carbonyl (C=O) groups is 4. The predicted molar refractivity (Wildman–Crippen MR) is 157 cm³/mol. The summed E-state index contributed by atoms with van der Waals surface area (Å²) in [7, 11) is 0. The van der Waals surface area contributed by atoms with Crippen LogP contribution in [-0.4, -0.2) is 39.1 Å². The van der Waals surface area contributed by atoms with Crippen molar-refractivity contribution in [1.29, 1.82) is 0 Å². The van der Waals surface area contributed by atoms with Crippen LogP contribution in [0.4, 0.5) is 10.5 Å². The van der Waals surface area contributed by atoms with Crippen molar-refractivity contribution in [2.45, 2.75) is 31.5 Å². The van der Waals surface area contributed by atoms with E-state index in [1.807, 2.05) is 97.9 Å². The number of likely N-dealkylation sites (tertiary alicyclic amines) is 1. The van der Waals surface area contributed by atoms with E-state index >= 15 is 0 Å². The van der Waals surface area contributed by atoms with Crippen molar-refractivity contribution in [3.63, 3.8) is 0 Å². The van der Waals surface area contributed by atoms with Gasteiger partial charge in [0.05, 0.1) is 30.1 Å². The number of fused-ring (bicyclic) bond motifs is 3. The zero-order valence-electron chi connectivity index (χ0n) is 23.1. The number of nitrogens with zero attached hydrogens (tertiary/aromatic N) is 3. The summed E-state index contributed by atoms with van der Waals surface area (Å²) in [5.41, 5.74) is 2.18. The zero-order valence-corrected chi connectivity index (χ0v) is 23.1. The number of hydrogen-bond donors (Lipinski definition) is 0. The lowest BCUT2D eigenvalue weighted by Crippen LogP contribution is -2.55. The van der Waals surface area contributed by atoms with E-state index in [0.717, 1.165) is 22.3 Å². The van der Waals surface area contributed by atoms with E-state index in [9.17, 15) is 19.2 Å². The van der Waals surface area contributed by atoms with Crippen LogP contribution in [0.3, 0.4) is 0 Å². The van der Waals surface area contributed by atoms with E-state index in [1.165, 1.54) is 9.80 Å². The van der Waals surface area contributed by atoms with E-state index in [-0.39, 0.29) is 18.9 Å². The fraction of sp³-hybridized carbons (Fsp3) is 0.200. The van der Waals surface area contributed by atoms with Gasteiger partial charge in [-0.2, -0.15) is 0 Å². The van der Waals surface area contributed by atoms with Gasteiger partial charge in [-0.1, -0.05) is 109 Å². The summed E-state index contributed by atoms with van der Waals surface area (Å²) in [4.78, 5) is 62.1. The number of urea groups is 1. The average molecular weight is 556 g/mol. The lowest BCUT2D eigenvalue weighted by Gasteiger charge is -2.35. The van der Waals surface area contributed by atoms with Crippen LogP contribution in [0.2, 0.25) is 0 Å². The normalized spacial score (nSPS) is 24.9. The van der Waals surface area contributed by atoms with Gasteiger partial charge < -0.3 is 4.90 Å². The summed E-state index contributed by atoms with van der Waals surface area (Å²) in [5, 5.41) is 0. The van der Waals surface area contributed by atoms with Crippen molar-refractivity contribution in [1.82, 2.24) is 9.80 Å². The summed E-state index contributed by atoms with van der Waals surface area (Å²) in [6.45, 7) is 2.06. The SMILES string of the molecule is Cc1cccc(C2C3C(=O)N(Cc4ccccc4)C(=O)C3[C@]3(Cc4ccccc4)C(=O)N(c4ccccc4)C(=O)N23)c1. The molecule has 0 N–H and O–H groups in total. The molecule has 3 unspecified atom stereocenters. The Balaban J connectivity index is 1.45. The Morgan fingerprint density at radius 3 is 1.95 bits per heavy atom. The molecule has 4 aromatic rings. The fourth-order valence-corrected chi connectivity index (χ4v) is 7.16. The molecule has 0 aromatic heterocycles. The van der Waals surface area contributed by atoms with Gasteiger partial charge in [0.25, 0.3) is 5.91 Å². The number of imide groups is 2. The third-order valence-corrected chi connectivity index (χ3v) is 8.87. The van der Waals surface area contributed by atoms with Gasteiger partial charge in [-0.25, -0.2) is 9.69 Å². The first-order valence-corrected chi connectivity index (χ1v) is 14.1. The molecule has 3 heterocycles. The molecule has 0 saturated carbocycles. The molecule has 4 atom stereocenters. The molecular formula is C35H29N3O4. The number of hydrogen-bond acceptors (Lipinski definition) is 4. The lowest BCUT2D eigenvalue weighted by molar-refractivity contribution is -0.144. The van der Waals surface area contributed by atoms with Gasteiger partial charge in [0.2, 0.25) is 11.8 Å². The monoisotopic (exact) mass is 555 g/mol. The van der Waals surface area contributed by atoms with Crippen molar-refractivity contribution >= 4 is 29.4 Å². The number of carbonyl (C=O) groups excluding carboxylic acids is 4. The highest BCUT2D eigenvalue weighted by atomic mass is 16.2. The van der Waals surface area contributed by atoms with E-state index in [4.69, 9.17) is 0 Å². The number of rotatable bonds is 6. The second-order valence-electron chi connectivity index (χ2n) is 11.3. The van der Waals surface area contributed by atoms with Crippen LogP contribution in [0.5, 0.6) is 0 Å². The predicted octanol–water partition coefficient (Wildman–Crippen LogP) is 5.30. The van der Waals surface area contributed by atoms with Crippen molar-refractivity contribution in [2.24, 2.45) is 11.8 Å². The van der Waals surface area contributed by atoms with Gasteiger partial charge in [0, 0.05) is 6.42 Å². The van der Waals surface area contributed by atoms with Crippen LogP contribution in [0, 0.1) is 18.8 Å². The Morgan fingerprint density at radius 2 is 1.31 bits per heavy atom. The Bertz CT molecular complexity index is 1710. The molecular weight excluding hydrogens is 526 g/mol. The van der Waals surface area contributed by atoms with Crippen molar-refractivity contribution in [3.8, 4) is 0 Å². The molecule has 3 saturated heterocycles. The Morgan fingerprint density at radius 1 is 0.690 bits per heavy atom. The number of para-hydroxylation sites is 1. The molecule has 3 aliphatic rings. The number of aryl methyl sites for hydroxylation is 1. The van der Waals surface area contributed by atoms with Crippen LogP contribution in [0.25, 0.3) is 0 Å². The quantitative estimate of drug-likeness (QED) is 0.239. The van der Waals surface area contributed by atoms with Gasteiger partial charge in [0.15, 0.2) is 0 Å². The molecule has 7 nitrogen and oxygen atoms in total. The van der Waals surface area contributed by atoms with Gasteiger partial charge in [-0.3, -0.25) is 19.3 Å². The number of benzene rings is 4. The number of amides is 5. The third-order valence-electron chi connectivity index (χ3n) is 8.87. The van der Waals surface area contributed by atoms with Crippen LogP contribution >= 0.6 is 0 Å². The summed E-state index contributed by atoms with van der Waals surface area (Å²) >= 11 is 0. The molecule has 208 valence electrons. The van der Waals surface area contributed by atoms with Gasteiger partial charge in [-0.15, -0.1) is 0 Å². The Hall–Kier alpha value is -5.04. The van der Waals surface area contributed by atoms with Gasteiger partial charge >= 0.3 is 6.03 Å². The maximum absolute atomic E-state index is 14.8. The molecule has 7 heteroatoms. The highest BCUT2D eigenvalue weighted by molar-refractivity contribution is 6.27. The maximum atomic E-state index is 14.8. The molecule has 4 aromatic carbocycles. The molecule has 0 radical (unpaired) electrons. The maximum Gasteiger partial charge on any atom is 0.332 e. The Labute approximate surface area is 244 Å². The summed E-state index contributed by atoms with van der Waals surface area (Å²) in [6.07, 6.45) is 0.115. The summed E-state index contributed by atoms with van der Waals surface area (Å²) < 4.78 is 0. The highest BCUT2D eigenvalue weighted by Crippen LogP contribution is 2.60. The smallest absolute Gasteiger partial charge is 0.300 e. The van der Waals surface area contributed by atoms with Gasteiger partial charge in [-0.05, 0) is 35.7 Å². The van der Waals surface area contributed by atoms with Crippen LogP contribution in [0.1, 0.15) is 28.3 Å². The van der Waals surface area contributed by atoms with Crippen LogP contribution in [-0.2, 0) is 27.3 Å². The lowest BCUT2D eigenvalue weighted by atomic mass is 9.75. The first-order valence-electron chi connectivity index (χ1n) is 14.1. The molecule has 0 aliphatic carbocycles. The number of anilines is 1. The summed E-state index contributed by atoms with van der Waals surface area (Å²) in [5.74, 6) is -3.17. The van der Waals surface area contributed by atoms with Crippen molar-refractivity contribution in [2.75, 3.05) is 4.90 Å². The molecule has 3 aliphatic heterocycles. The first-order chi connectivity index (χ1) is 20.4. The van der Waals surface area contributed by atoms with Crippen molar-refractivity contribution in [3.05, 3.63) is 138 Å². The zero-order chi connectivity index (χ0) is 29.0. The fourth-order valence-electron chi connectivity index (χ4n) is 7.16. The standard InChI is InChI=1S/C35H29N3O4/c1-23-12-11-17-26(20-23)30-28-29(32(40)36(31(28)39)22-25-15-7-3-8-16-25)35(21-24-13-5-2-6-14-24)33(41)37(34(42)38(30)35)27-18-9-4-10-19-27/h2-20,28-30H,21-22H2,1H3/t28?,29?,30?,35-/m1/s1. The van der Waals surface area contributed by atoms with Crippen LogP contribution in [0.15, 0.2) is 115 Å². The second kappa shape index (κ2) is 9.80. The molecule has 5 amide bonds. The topological polar surface area (TPSA) is 78.0 Å². The van der Waals surface area contributed by atoms with E-state index < -0.39 is 41.3 Å². The molecule has 7 rings (SSSR count). The van der Waals surface area contributed by atoms with Crippen molar-refractivity contribution < 1.29 is 19.2 Å². The largest absolute Gasteiger partial charge is 0.332 e. The second-order valence-corrected chi connectivity index (χ2v) is 11.3. The van der Waals surface area contributed by atoms with E-state index in [1.54, 1.807) is 29.2 Å². The minimum atomic E-state index is -1.58. The highest BCUT2D eigenvalue weighted by Gasteiger charge is 2.77. The molecule has 0 bridgehead atoms. The average Bonchev–Trinajstić information content (AvgIpc) is 3.52. The minimum Gasteiger partial charge on any atom is -0.300 e. The third kappa shape index (κ3) is 3.73.